The fourth-order valence-corrected chi connectivity index (χ4v) is 5.25. The third-order valence-corrected chi connectivity index (χ3v) is 7.23. The fourth-order valence-electron chi connectivity index (χ4n) is 5.25. The number of unbranched alkanes of at least 4 members (excludes halogenated alkanes) is 2. The van der Waals surface area contributed by atoms with E-state index in [4.69, 9.17) is 0 Å². The van der Waals surface area contributed by atoms with Gasteiger partial charge in [-0.1, -0.05) is 56.6 Å². The number of rotatable bonds is 7. The van der Waals surface area contributed by atoms with Crippen LogP contribution in [0.15, 0.2) is 30.4 Å². The number of ether oxygens (including phenoxy) is 1. The zero-order valence-corrected chi connectivity index (χ0v) is 19.6. The summed E-state index contributed by atoms with van der Waals surface area (Å²) in [4.78, 5) is 0. The Morgan fingerprint density at radius 1 is 1.00 bits per heavy atom. The third-order valence-electron chi connectivity index (χ3n) is 7.23. The van der Waals surface area contributed by atoms with Crippen LogP contribution >= 0.6 is 0 Å². The van der Waals surface area contributed by atoms with Gasteiger partial charge in [-0.3, -0.25) is 0 Å². The summed E-state index contributed by atoms with van der Waals surface area (Å²) in [6, 6.07) is 3.80. The summed E-state index contributed by atoms with van der Waals surface area (Å²) in [5.41, 5.74) is 0.735. The Morgan fingerprint density at radius 2 is 1.73 bits per heavy atom. The number of alkyl halides is 3. The van der Waals surface area contributed by atoms with Gasteiger partial charge in [0, 0.05) is 5.92 Å². The van der Waals surface area contributed by atoms with E-state index in [0.29, 0.717) is 11.8 Å². The lowest BCUT2D eigenvalue weighted by atomic mass is 9.79. The second-order valence-electron chi connectivity index (χ2n) is 9.71. The minimum absolute atomic E-state index is 0.153. The summed E-state index contributed by atoms with van der Waals surface area (Å²) in [7, 11) is 0. The number of allylic oxidation sites excluding steroid dienone is 2. The smallest absolute Gasteiger partial charge is 0.403 e. The molecule has 0 aromatic heterocycles. The normalized spacial score (nSPS) is 26.1. The summed E-state index contributed by atoms with van der Waals surface area (Å²) in [5, 5.41) is 0. The molecule has 2 fully saturated rings. The lowest BCUT2D eigenvalue weighted by Gasteiger charge is -2.26. The van der Waals surface area contributed by atoms with Gasteiger partial charge in [-0.2, -0.15) is 0 Å². The van der Waals surface area contributed by atoms with Gasteiger partial charge in [-0.05, 0) is 92.9 Å². The second-order valence-corrected chi connectivity index (χ2v) is 9.71. The molecule has 2 aliphatic carbocycles. The third kappa shape index (κ3) is 8.72. The molecule has 2 saturated carbocycles. The predicted molar refractivity (Wildman–Crippen MR) is 124 cm³/mol. The number of benzene rings is 1. The summed E-state index contributed by atoms with van der Waals surface area (Å²) < 4.78 is 54.7. The van der Waals surface area contributed by atoms with Crippen LogP contribution in [0.2, 0.25) is 0 Å². The minimum Gasteiger partial charge on any atom is -0.403 e. The van der Waals surface area contributed by atoms with Crippen molar-refractivity contribution in [2.75, 3.05) is 0 Å². The van der Waals surface area contributed by atoms with E-state index in [-0.39, 0.29) is 5.92 Å². The van der Waals surface area contributed by atoms with Gasteiger partial charge in [-0.25, -0.2) is 4.39 Å². The molecular weight excluding hydrogens is 428 g/mol. The molecule has 0 bridgehead atoms. The van der Waals surface area contributed by atoms with Crippen LogP contribution in [0.25, 0.3) is 0 Å². The molecule has 182 valence electrons. The highest BCUT2D eigenvalue weighted by molar-refractivity contribution is 5.32. The van der Waals surface area contributed by atoms with Crippen LogP contribution in [0.3, 0.4) is 0 Å². The SMILES string of the molecule is CCCCCC1CCC(C=CC#CC2CCC(c3ccc(OC(F)(F)F)c(F)c3)CC2)CC1. The van der Waals surface area contributed by atoms with E-state index in [1.165, 1.54) is 57.4 Å². The van der Waals surface area contributed by atoms with Gasteiger partial charge in [0.05, 0.1) is 0 Å². The zero-order chi connectivity index (χ0) is 23.7. The first-order chi connectivity index (χ1) is 15.8. The standard InChI is InChI=1S/C28H36F4O/c1-2-3-4-7-21-10-12-22(13-11-21)8-5-6-9-23-14-16-24(17-15-23)25-18-19-27(26(29)20-25)33-28(30,31)32/h5,8,18-24H,2-4,7,10-17H2,1H3. The van der Waals surface area contributed by atoms with Gasteiger partial charge in [0.25, 0.3) is 0 Å². The van der Waals surface area contributed by atoms with Gasteiger partial charge in [-0.15, -0.1) is 13.2 Å². The molecule has 0 aliphatic heterocycles. The fraction of sp³-hybridized carbons (Fsp3) is 0.643. The van der Waals surface area contributed by atoms with Crippen LogP contribution in [-0.4, -0.2) is 6.36 Å². The van der Waals surface area contributed by atoms with Crippen LogP contribution in [0, 0.1) is 35.4 Å². The molecular formula is C28H36F4O. The second kappa shape index (κ2) is 12.5. The van der Waals surface area contributed by atoms with E-state index >= 15 is 0 Å². The Morgan fingerprint density at radius 3 is 2.36 bits per heavy atom. The Balaban J connectivity index is 1.39. The Kier molecular flexibility index (Phi) is 9.71. The van der Waals surface area contributed by atoms with E-state index in [2.05, 4.69) is 29.6 Å². The van der Waals surface area contributed by atoms with Crippen molar-refractivity contribution in [1.29, 1.82) is 0 Å². The van der Waals surface area contributed by atoms with Gasteiger partial charge >= 0.3 is 6.36 Å². The van der Waals surface area contributed by atoms with Crippen molar-refractivity contribution < 1.29 is 22.3 Å². The highest BCUT2D eigenvalue weighted by Gasteiger charge is 2.32. The number of halogens is 4. The van der Waals surface area contributed by atoms with Gasteiger partial charge in [0.1, 0.15) is 0 Å². The first-order valence-electron chi connectivity index (χ1n) is 12.6. The molecule has 0 heterocycles. The molecule has 0 spiro atoms. The molecule has 0 atom stereocenters. The van der Waals surface area contributed by atoms with E-state index < -0.39 is 17.9 Å². The molecule has 1 nitrogen and oxygen atoms in total. The largest absolute Gasteiger partial charge is 0.573 e. The number of hydrogen-bond donors (Lipinski definition) is 0. The lowest BCUT2D eigenvalue weighted by molar-refractivity contribution is -0.275. The van der Waals surface area contributed by atoms with Crippen molar-refractivity contribution >= 4 is 0 Å². The summed E-state index contributed by atoms with van der Waals surface area (Å²) >= 11 is 0. The molecule has 3 rings (SSSR count). The molecule has 0 amide bonds. The first kappa shape index (κ1) is 25.7. The number of hydrogen-bond acceptors (Lipinski definition) is 1. The van der Waals surface area contributed by atoms with Crippen molar-refractivity contribution in [3.63, 3.8) is 0 Å². The summed E-state index contributed by atoms with van der Waals surface area (Å²) in [5.74, 6) is 6.93. The molecule has 0 N–H and O–H groups in total. The monoisotopic (exact) mass is 464 g/mol. The van der Waals surface area contributed by atoms with Gasteiger partial charge in [0.15, 0.2) is 11.6 Å². The van der Waals surface area contributed by atoms with Crippen molar-refractivity contribution in [2.24, 2.45) is 17.8 Å². The maximum atomic E-state index is 14.0. The van der Waals surface area contributed by atoms with Crippen molar-refractivity contribution in [1.82, 2.24) is 0 Å². The highest BCUT2D eigenvalue weighted by atomic mass is 19.4. The average molecular weight is 465 g/mol. The minimum atomic E-state index is -4.89. The van der Waals surface area contributed by atoms with Gasteiger partial charge < -0.3 is 4.74 Å². The highest BCUT2D eigenvalue weighted by Crippen LogP contribution is 2.37. The van der Waals surface area contributed by atoms with E-state index in [1.807, 2.05) is 6.08 Å². The van der Waals surface area contributed by atoms with E-state index in [1.54, 1.807) is 6.07 Å². The van der Waals surface area contributed by atoms with Gasteiger partial charge in [0.2, 0.25) is 0 Å². The molecule has 33 heavy (non-hydrogen) atoms. The maximum Gasteiger partial charge on any atom is 0.573 e. The predicted octanol–water partition coefficient (Wildman–Crippen LogP) is 8.94. The van der Waals surface area contributed by atoms with Crippen LogP contribution in [0.1, 0.15) is 95.5 Å². The molecule has 0 unspecified atom stereocenters. The van der Waals surface area contributed by atoms with E-state index in [0.717, 1.165) is 43.2 Å². The quantitative estimate of drug-likeness (QED) is 0.222. The summed E-state index contributed by atoms with van der Waals surface area (Å²) in [6.45, 7) is 2.26. The molecule has 1 aromatic carbocycles. The van der Waals surface area contributed by atoms with Crippen LogP contribution in [0.4, 0.5) is 17.6 Å². The average Bonchev–Trinajstić information content (AvgIpc) is 2.79. The first-order valence-corrected chi connectivity index (χ1v) is 12.6. The molecule has 1 aromatic rings. The van der Waals surface area contributed by atoms with Crippen molar-refractivity contribution in [2.45, 2.75) is 96.3 Å². The zero-order valence-electron chi connectivity index (χ0n) is 19.6. The van der Waals surface area contributed by atoms with Crippen molar-refractivity contribution in [3.8, 4) is 17.6 Å². The Labute approximate surface area is 196 Å². The molecule has 2 aliphatic rings. The van der Waals surface area contributed by atoms with Crippen LogP contribution in [-0.2, 0) is 0 Å². The van der Waals surface area contributed by atoms with E-state index in [9.17, 15) is 17.6 Å². The van der Waals surface area contributed by atoms with Crippen LogP contribution < -0.4 is 4.74 Å². The molecule has 0 radical (unpaired) electrons. The topological polar surface area (TPSA) is 9.23 Å². The van der Waals surface area contributed by atoms with Crippen LogP contribution in [0.5, 0.6) is 5.75 Å². The Bertz CT molecular complexity index is 817. The maximum absolute atomic E-state index is 14.0. The molecule has 0 saturated heterocycles. The Hall–Kier alpha value is -1.96. The van der Waals surface area contributed by atoms with Crippen molar-refractivity contribution in [3.05, 3.63) is 41.7 Å². The lowest BCUT2D eigenvalue weighted by Crippen LogP contribution is -2.18. The molecule has 5 heteroatoms. The summed E-state index contributed by atoms with van der Waals surface area (Å²) in [6.07, 6.45) is 13.7.